The fraction of sp³-hybridized carbons (Fsp3) is 0. The predicted octanol–water partition coefficient (Wildman–Crippen LogP) is 0.583. The minimum Gasteiger partial charge on any atom is -0.445 e. The van der Waals surface area contributed by atoms with E-state index >= 15 is 0 Å². The normalized spacial score (nSPS) is 10.2. The summed E-state index contributed by atoms with van der Waals surface area (Å²) >= 11 is 0. The molecule has 0 N–H and O–H groups in total. The summed E-state index contributed by atoms with van der Waals surface area (Å²) in [6.45, 7) is 0. The van der Waals surface area contributed by atoms with Crippen LogP contribution in [0.3, 0.4) is 0 Å². The highest BCUT2D eigenvalue weighted by Crippen LogP contribution is 2.01. The molecule has 11 heavy (non-hydrogen) atoms. The number of hydrogen-bond acceptors (Lipinski definition) is 4. The average molecular weight is 148 g/mol. The molecule has 0 fully saturated rings. The van der Waals surface area contributed by atoms with Crippen molar-refractivity contribution in [2.75, 3.05) is 0 Å². The summed E-state index contributed by atoms with van der Waals surface area (Å²) in [7, 11) is 0. The van der Waals surface area contributed by atoms with Crippen LogP contribution in [0.5, 0.6) is 0 Å². The van der Waals surface area contributed by atoms with Gasteiger partial charge in [-0.1, -0.05) is 0 Å². The van der Waals surface area contributed by atoms with Gasteiger partial charge in [-0.05, 0) is 6.07 Å². The van der Waals surface area contributed by atoms with Crippen LogP contribution in [0, 0.1) is 0 Å². The molecule has 0 aliphatic rings. The predicted molar refractivity (Wildman–Crippen MR) is 38.1 cm³/mol. The minimum absolute atomic E-state index is 0.0962. The molecule has 54 valence electrons. The van der Waals surface area contributed by atoms with Gasteiger partial charge >= 0.3 is 0 Å². The van der Waals surface area contributed by atoms with Crippen LogP contribution in [0.4, 0.5) is 0 Å². The van der Waals surface area contributed by atoms with Crippen molar-refractivity contribution in [3.63, 3.8) is 0 Å². The van der Waals surface area contributed by atoms with E-state index in [0.29, 0.717) is 5.39 Å². The van der Waals surface area contributed by atoms with E-state index in [4.69, 9.17) is 4.42 Å². The molecule has 2 aromatic heterocycles. The van der Waals surface area contributed by atoms with Gasteiger partial charge in [-0.2, -0.15) is 5.10 Å². The standard InChI is InChI=1S/C7H4N2O2/c10-6-2-4-11-7-5(6)1-3-8-9-7/h1-4H. The largest absolute Gasteiger partial charge is 0.445 e. The molecule has 0 aliphatic carbocycles. The first-order chi connectivity index (χ1) is 5.38. The van der Waals surface area contributed by atoms with E-state index in [1.54, 1.807) is 6.07 Å². The van der Waals surface area contributed by atoms with Gasteiger partial charge in [0, 0.05) is 6.07 Å². The first-order valence-corrected chi connectivity index (χ1v) is 3.07. The van der Waals surface area contributed by atoms with E-state index in [-0.39, 0.29) is 11.1 Å². The lowest BCUT2D eigenvalue weighted by Gasteiger charge is -1.89. The van der Waals surface area contributed by atoms with Crippen molar-refractivity contribution >= 4 is 11.1 Å². The van der Waals surface area contributed by atoms with Gasteiger partial charge in [0.2, 0.25) is 5.71 Å². The summed E-state index contributed by atoms with van der Waals surface area (Å²) in [6.07, 6.45) is 2.76. The molecule has 4 heteroatoms. The zero-order chi connectivity index (χ0) is 7.68. The summed E-state index contributed by atoms with van der Waals surface area (Å²) in [5.74, 6) is 0. The van der Waals surface area contributed by atoms with Crippen molar-refractivity contribution in [2.45, 2.75) is 0 Å². The first kappa shape index (κ1) is 6.03. The van der Waals surface area contributed by atoms with Crippen LogP contribution in [-0.4, -0.2) is 10.2 Å². The zero-order valence-electron chi connectivity index (χ0n) is 5.52. The van der Waals surface area contributed by atoms with Gasteiger partial charge in [0.1, 0.15) is 0 Å². The van der Waals surface area contributed by atoms with E-state index in [1.807, 2.05) is 0 Å². The van der Waals surface area contributed by atoms with Gasteiger partial charge < -0.3 is 4.42 Å². The fourth-order valence-corrected chi connectivity index (χ4v) is 0.843. The maximum absolute atomic E-state index is 11.1. The highest BCUT2D eigenvalue weighted by Gasteiger charge is 1.97. The van der Waals surface area contributed by atoms with E-state index in [1.165, 1.54) is 18.5 Å². The van der Waals surface area contributed by atoms with Gasteiger partial charge in [0.05, 0.1) is 17.8 Å². The average Bonchev–Trinajstić information content (AvgIpc) is 2.06. The SMILES string of the molecule is O=c1ccoc2nnccc12. The second kappa shape index (κ2) is 2.16. The summed E-state index contributed by atoms with van der Waals surface area (Å²) in [6, 6.07) is 2.93. The minimum atomic E-state index is -0.0962. The third-order valence-electron chi connectivity index (χ3n) is 1.35. The van der Waals surface area contributed by atoms with E-state index in [2.05, 4.69) is 10.2 Å². The van der Waals surface area contributed by atoms with Gasteiger partial charge in [-0.3, -0.25) is 4.79 Å². The molecular formula is C7H4N2O2. The Bertz CT molecular complexity index is 430. The lowest BCUT2D eigenvalue weighted by Crippen LogP contribution is -1.99. The Balaban J connectivity index is 3.03. The monoisotopic (exact) mass is 148 g/mol. The molecule has 2 rings (SSSR count). The lowest BCUT2D eigenvalue weighted by atomic mass is 10.3. The Kier molecular flexibility index (Phi) is 1.18. The topological polar surface area (TPSA) is 56.0 Å². The molecule has 0 bridgehead atoms. The molecule has 2 heterocycles. The van der Waals surface area contributed by atoms with Crippen molar-refractivity contribution in [1.29, 1.82) is 0 Å². The fourth-order valence-electron chi connectivity index (χ4n) is 0.843. The first-order valence-electron chi connectivity index (χ1n) is 3.07. The van der Waals surface area contributed by atoms with Crippen LogP contribution in [0.2, 0.25) is 0 Å². The number of nitrogens with zero attached hydrogens (tertiary/aromatic N) is 2. The number of rotatable bonds is 0. The van der Waals surface area contributed by atoms with E-state index < -0.39 is 0 Å². The zero-order valence-corrected chi connectivity index (χ0v) is 5.52. The third kappa shape index (κ3) is 0.881. The molecule has 0 aromatic carbocycles. The molecule has 0 unspecified atom stereocenters. The van der Waals surface area contributed by atoms with Gasteiger partial charge in [-0.25, -0.2) is 0 Å². The van der Waals surface area contributed by atoms with Crippen molar-refractivity contribution in [3.05, 3.63) is 34.8 Å². The quantitative estimate of drug-likeness (QED) is 0.548. The van der Waals surface area contributed by atoms with Crippen molar-refractivity contribution < 1.29 is 4.42 Å². The number of aromatic nitrogens is 2. The Labute approximate surface area is 61.5 Å². The lowest BCUT2D eigenvalue weighted by molar-refractivity contribution is 0.583. The number of hydrogen-bond donors (Lipinski definition) is 0. The Morgan fingerprint density at radius 1 is 1.36 bits per heavy atom. The molecular weight excluding hydrogens is 144 g/mol. The van der Waals surface area contributed by atoms with Crippen LogP contribution in [-0.2, 0) is 0 Å². The second-order valence-corrected chi connectivity index (χ2v) is 2.03. The Morgan fingerprint density at radius 3 is 3.09 bits per heavy atom. The third-order valence-corrected chi connectivity index (χ3v) is 1.35. The molecule has 0 atom stereocenters. The molecule has 0 radical (unpaired) electrons. The Morgan fingerprint density at radius 2 is 2.27 bits per heavy atom. The van der Waals surface area contributed by atoms with Crippen LogP contribution in [0.1, 0.15) is 0 Å². The highest BCUT2D eigenvalue weighted by atomic mass is 16.3. The maximum Gasteiger partial charge on any atom is 0.249 e. The molecule has 0 aliphatic heterocycles. The Hall–Kier alpha value is -1.71. The molecule has 0 amide bonds. The second-order valence-electron chi connectivity index (χ2n) is 2.03. The summed E-state index contributed by atoms with van der Waals surface area (Å²) in [4.78, 5) is 11.1. The number of fused-ring (bicyclic) bond motifs is 1. The van der Waals surface area contributed by atoms with Crippen LogP contribution in [0.25, 0.3) is 11.1 Å². The van der Waals surface area contributed by atoms with Crippen molar-refractivity contribution in [1.82, 2.24) is 10.2 Å². The van der Waals surface area contributed by atoms with E-state index in [0.717, 1.165) is 0 Å². The highest BCUT2D eigenvalue weighted by molar-refractivity contribution is 5.70. The van der Waals surface area contributed by atoms with E-state index in [9.17, 15) is 4.79 Å². The van der Waals surface area contributed by atoms with Crippen molar-refractivity contribution in [3.8, 4) is 0 Å². The van der Waals surface area contributed by atoms with Crippen LogP contribution >= 0.6 is 0 Å². The smallest absolute Gasteiger partial charge is 0.249 e. The molecule has 2 aromatic rings. The van der Waals surface area contributed by atoms with Crippen molar-refractivity contribution in [2.24, 2.45) is 0 Å². The maximum atomic E-state index is 11.1. The van der Waals surface area contributed by atoms with Crippen LogP contribution in [0.15, 0.2) is 33.8 Å². The molecule has 4 nitrogen and oxygen atoms in total. The van der Waals surface area contributed by atoms with Gasteiger partial charge in [-0.15, -0.1) is 5.10 Å². The summed E-state index contributed by atoms with van der Waals surface area (Å²) in [5.41, 5.74) is 0.182. The summed E-state index contributed by atoms with van der Waals surface area (Å²) in [5, 5.41) is 7.66. The molecule has 0 saturated heterocycles. The molecule has 0 spiro atoms. The van der Waals surface area contributed by atoms with Crippen LogP contribution < -0.4 is 5.43 Å². The van der Waals surface area contributed by atoms with Gasteiger partial charge in [0.25, 0.3) is 0 Å². The molecule has 0 saturated carbocycles. The summed E-state index contributed by atoms with van der Waals surface area (Å²) < 4.78 is 4.92. The van der Waals surface area contributed by atoms with Gasteiger partial charge in [0.15, 0.2) is 5.43 Å².